The summed E-state index contributed by atoms with van der Waals surface area (Å²) < 4.78 is 0. The molecular weight excluding hydrogens is 382 g/mol. The van der Waals surface area contributed by atoms with E-state index in [2.05, 4.69) is 34.1 Å². The molecule has 5 nitrogen and oxygen atoms in total. The highest BCUT2D eigenvalue weighted by Gasteiger charge is 2.28. The number of fused-ring (bicyclic) bond motifs is 1. The molecule has 2 unspecified atom stereocenters. The Hall–Kier alpha value is -2.31. The lowest BCUT2D eigenvalue weighted by atomic mass is 9.95. The zero-order chi connectivity index (χ0) is 20.8. The van der Waals surface area contributed by atoms with Crippen LogP contribution in [-0.4, -0.2) is 35.9 Å². The molecule has 0 aliphatic carbocycles. The highest BCUT2D eigenvalue weighted by atomic mass is 32.2. The Morgan fingerprint density at radius 2 is 1.83 bits per heavy atom. The Morgan fingerprint density at radius 1 is 1.14 bits per heavy atom. The number of nitrogens with one attached hydrogen (secondary N) is 3. The van der Waals surface area contributed by atoms with E-state index in [1.165, 1.54) is 11.1 Å². The Labute approximate surface area is 177 Å². The van der Waals surface area contributed by atoms with Crippen molar-refractivity contribution in [3.8, 4) is 0 Å². The van der Waals surface area contributed by atoms with Gasteiger partial charge in [-0.1, -0.05) is 30.3 Å². The van der Waals surface area contributed by atoms with E-state index in [0.29, 0.717) is 19.4 Å². The van der Waals surface area contributed by atoms with Crippen LogP contribution in [0.25, 0.3) is 0 Å². The van der Waals surface area contributed by atoms with Crippen LogP contribution < -0.4 is 16.0 Å². The fourth-order valence-electron chi connectivity index (χ4n) is 3.69. The SMILES string of the molecule is CSCCC(NC(=O)C1Cc2ccccc2CN1)C(=O)Nc1cc(C)cc(C)c1. The van der Waals surface area contributed by atoms with Gasteiger partial charge >= 0.3 is 0 Å². The van der Waals surface area contributed by atoms with Crippen LogP contribution in [0, 0.1) is 13.8 Å². The maximum absolute atomic E-state index is 12.9. The van der Waals surface area contributed by atoms with Gasteiger partial charge in [0.05, 0.1) is 6.04 Å². The number of anilines is 1. The van der Waals surface area contributed by atoms with Gasteiger partial charge in [0.25, 0.3) is 0 Å². The third-order valence-corrected chi connectivity index (χ3v) is 5.77. The molecule has 0 fully saturated rings. The monoisotopic (exact) mass is 411 g/mol. The topological polar surface area (TPSA) is 70.2 Å². The lowest BCUT2D eigenvalue weighted by Gasteiger charge is -2.27. The van der Waals surface area contributed by atoms with Crippen molar-refractivity contribution in [3.63, 3.8) is 0 Å². The molecule has 1 heterocycles. The number of hydrogen-bond donors (Lipinski definition) is 3. The predicted molar refractivity (Wildman–Crippen MR) is 120 cm³/mol. The van der Waals surface area contributed by atoms with Crippen molar-refractivity contribution in [2.45, 2.75) is 45.3 Å². The number of hydrogen-bond acceptors (Lipinski definition) is 4. The third kappa shape index (κ3) is 5.84. The summed E-state index contributed by atoms with van der Waals surface area (Å²) in [5.74, 6) is 0.501. The minimum Gasteiger partial charge on any atom is -0.343 e. The Bertz CT molecular complexity index is 864. The van der Waals surface area contributed by atoms with Gasteiger partial charge in [0.15, 0.2) is 0 Å². The number of carbonyl (C=O) groups is 2. The summed E-state index contributed by atoms with van der Waals surface area (Å²) in [4.78, 5) is 25.8. The Balaban J connectivity index is 1.66. The Morgan fingerprint density at radius 3 is 2.52 bits per heavy atom. The minimum absolute atomic E-state index is 0.124. The van der Waals surface area contributed by atoms with E-state index in [0.717, 1.165) is 22.6 Å². The standard InChI is InChI=1S/C23H29N3O2S/c1-15-10-16(2)12-19(11-15)25-22(27)20(8-9-29-3)26-23(28)21-13-17-6-4-5-7-18(17)14-24-21/h4-7,10-12,20-21,24H,8-9,13-14H2,1-3H3,(H,25,27)(H,26,28). The first-order valence-electron chi connectivity index (χ1n) is 9.95. The van der Waals surface area contributed by atoms with Gasteiger partial charge < -0.3 is 16.0 Å². The first-order valence-corrected chi connectivity index (χ1v) is 11.3. The van der Waals surface area contributed by atoms with E-state index in [-0.39, 0.29) is 17.9 Å². The van der Waals surface area contributed by atoms with Crippen molar-refractivity contribution in [2.75, 3.05) is 17.3 Å². The summed E-state index contributed by atoms with van der Waals surface area (Å²) in [5, 5.41) is 9.24. The van der Waals surface area contributed by atoms with E-state index < -0.39 is 6.04 Å². The van der Waals surface area contributed by atoms with E-state index in [1.807, 2.05) is 44.4 Å². The molecule has 6 heteroatoms. The number of amides is 2. The van der Waals surface area contributed by atoms with E-state index >= 15 is 0 Å². The molecule has 0 bridgehead atoms. The summed E-state index contributed by atoms with van der Waals surface area (Å²) in [6.07, 6.45) is 3.23. The zero-order valence-corrected chi connectivity index (χ0v) is 18.1. The third-order valence-electron chi connectivity index (χ3n) is 5.13. The van der Waals surface area contributed by atoms with Gasteiger partial charge in [0.1, 0.15) is 6.04 Å². The zero-order valence-electron chi connectivity index (χ0n) is 17.2. The van der Waals surface area contributed by atoms with Gasteiger partial charge in [-0.2, -0.15) is 11.8 Å². The van der Waals surface area contributed by atoms with Crippen molar-refractivity contribution >= 4 is 29.3 Å². The van der Waals surface area contributed by atoms with Gasteiger partial charge in [-0.3, -0.25) is 9.59 Å². The summed E-state index contributed by atoms with van der Waals surface area (Å²) >= 11 is 1.67. The molecule has 0 saturated heterocycles. The second-order valence-electron chi connectivity index (χ2n) is 7.61. The van der Waals surface area contributed by atoms with Crippen molar-refractivity contribution < 1.29 is 9.59 Å². The van der Waals surface area contributed by atoms with Crippen molar-refractivity contribution in [1.82, 2.24) is 10.6 Å². The number of carbonyl (C=O) groups excluding carboxylic acids is 2. The van der Waals surface area contributed by atoms with Crippen molar-refractivity contribution in [1.29, 1.82) is 0 Å². The average molecular weight is 412 g/mol. The van der Waals surface area contributed by atoms with E-state index in [4.69, 9.17) is 0 Å². The van der Waals surface area contributed by atoms with Gasteiger partial charge in [-0.05, 0) is 73.1 Å². The minimum atomic E-state index is -0.560. The number of benzene rings is 2. The first-order chi connectivity index (χ1) is 14.0. The highest BCUT2D eigenvalue weighted by Crippen LogP contribution is 2.17. The molecule has 154 valence electrons. The molecule has 2 aromatic carbocycles. The van der Waals surface area contributed by atoms with Gasteiger partial charge in [-0.15, -0.1) is 0 Å². The normalized spacial score (nSPS) is 16.6. The van der Waals surface area contributed by atoms with Gasteiger partial charge in [0, 0.05) is 12.2 Å². The molecule has 0 spiro atoms. The van der Waals surface area contributed by atoms with Crippen LogP contribution in [0.3, 0.4) is 0 Å². The van der Waals surface area contributed by atoms with Crippen LogP contribution >= 0.6 is 11.8 Å². The average Bonchev–Trinajstić information content (AvgIpc) is 2.69. The smallest absolute Gasteiger partial charge is 0.246 e. The summed E-state index contributed by atoms with van der Waals surface area (Å²) in [6.45, 7) is 4.67. The lowest BCUT2D eigenvalue weighted by Crippen LogP contribution is -2.53. The first kappa shape index (κ1) is 21.4. The van der Waals surface area contributed by atoms with Crippen LogP contribution in [0.2, 0.25) is 0 Å². The maximum Gasteiger partial charge on any atom is 0.246 e. The van der Waals surface area contributed by atoms with Crippen LogP contribution in [0.1, 0.15) is 28.7 Å². The molecule has 0 radical (unpaired) electrons. The molecule has 0 saturated carbocycles. The molecule has 2 aromatic rings. The molecule has 3 N–H and O–H groups in total. The fourth-order valence-corrected chi connectivity index (χ4v) is 4.16. The van der Waals surface area contributed by atoms with E-state index in [9.17, 15) is 9.59 Å². The molecule has 0 aromatic heterocycles. The second-order valence-corrected chi connectivity index (χ2v) is 8.60. The molecular formula is C23H29N3O2S. The number of thioether (sulfide) groups is 1. The number of rotatable bonds is 7. The van der Waals surface area contributed by atoms with Crippen LogP contribution in [-0.2, 0) is 22.6 Å². The van der Waals surface area contributed by atoms with Crippen LogP contribution in [0.15, 0.2) is 42.5 Å². The van der Waals surface area contributed by atoms with Gasteiger partial charge in [0.2, 0.25) is 11.8 Å². The molecule has 1 aliphatic rings. The maximum atomic E-state index is 12.9. The van der Waals surface area contributed by atoms with Crippen LogP contribution in [0.5, 0.6) is 0 Å². The van der Waals surface area contributed by atoms with Crippen molar-refractivity contribution in [2.24, 2.45) is 0 Å². The summed E-state index contributed by atoms with van der Waals surface area (Å²) in [6, 6.07) is 13.2. The highest BCUT2D eigenvalue weighted by molar-refractivity contribution is 7.98. The molecule has 1 aliphatic heterocycles. The largest absolute Gasteiger partial charge is 0.343 e. The van der Waals surface area contributed by atoms with Crippen LogP contribution in [0.4, 0.5) is 5.69 Å². The molecule has 29 heavy (non-hydrogen) atoms. The summed E-state index contributed by atoms with van der Waals surface area (Å²) in [7, 11) is 0. The van der Waals surface area contributed by atoms with Crippen molar-refractivity contribution in [3.05, 3.63) is 64.7 Å². The molecule has 3 rings (SSSR count). The molecule has 2 amide bonds. The lowest BCUT2D eigenvalue weighted by molar-refractivity contribution is -0.128. The Kier molecular flexibility index (Phi) is 7.34. The van der Waals surface area contributed by atoms with E-state index in [1.54, 1.807) is 11.8 Å². The second kappa shape index (κ2) is 9.94. The fraction of sp³-hybridized carbons (Fsp3) is 0.391. The van der Waals surface area contributed by atoms with Gasteiger partial charge in [-0.25, -0.2) is 0 Å². The quantitative estimate of drug-likeness (QED) is 0.654. The molecule has 2 atom stereocenters. The number of aryl methyl sites for hydroxylation is 2. The predicted octanol–water partition coefficient (Wildman–Crippen LogP) is 3.19. The summed E-state index contributed by atoms with van der Waals surface area (Å²) in [5.41, 5.74) is 5.36.